The maximum Gasteiger partial charge on any atom is 0.433 e. The Kier molecular flexibility index (Phi) is 3.68. The van der Waals surface area contributed by atoms with Crippen molar-refractivity contribution in [3.63, 3.8) is 0 Å². The molecular formula is C11H17F3N4O. The molecule has 1 aromatic rings. The fourth-order valence-electron chi connectivity index (χ4n) is 1.15. The number of aliphatic hydroxyl groups is 1. The molecular weight excluding hydrogens is 261 g/mol. The average molecular weight is 278 g/mol. The van der Waals surface area contributed by atoms with Gasteiger partial charge in [0, 0.05) is 6.07 Å². The van der Waals surface area contributed by atoms with Crippen molar-refractivity contribution in [2.45, 2.75) is 45.0 Å². The van der Waals surface area contributed by atoms with Gasteiger partial charge in [0.1, 0.15) is 5.82 Å². The molecule has 0 bridgehead atoms. The number of hydrogen-bond acceptors (Lipinski definition) is 5. The van der Waals surface area contributed by atoms with Crippen LogP contribution in [0.4, 0.5) is 24.9 Å². The highest BCUT2D eigenvalue weighted by Crippen LogP contribution is 2.31. The van der Waals surface area contributed by atoms with Gasteiger partial charge in [0.15, 0.2) is 5.69 Å². The minimum absolute atomic E-state index is 0.0908. The van der Waals surface area contributed by atoms with Crippen molar-refractivity contribution in [3.8, 4) is 0 Å². The van der Waals surface area contributed by atoms with Crippen LogP contribution in [0.1, 0.15) is 33.4 Å². The van der Waals surface area contributed by atoms with Crippen LogP contribution in [0.2, 0.25) is 0 Å². The Bertz CT molecular complexity index is 466. The van der Waals surface area contributed by atoms with Crippen LogP contribution in [-0.4, -0.2) is 26.2 Å². The molecule has 0 fully saturated rings. The molecule has 0 aliphatic rings. The van der Waals surface area contributed by atoms with Crippen LogP contribution in [0.3, 0.4) is 0 Å². The molecule has 8 heteroatoms. The zero-order valence-electron chi connectivity index (χ0n) is 11.1. The number of rotatable bonds is 3. The second kappa shape index (κ2) is 4.52. The molecule has 0 amide bonds. The van der Waals surface area contributed by atoms with Crippen molar-refractivity contribution in [1.29, 1.82) is 0 Å². The molecule has 1 heterocycles. The van der Waals surface area contributed by atoms with Crippen LogP contribution in [0.15, 0.2) is 6.07 Å². The molecule has 0 saturated heterocycles. The van der Waals surface area contributed by atoms with Crippen molar-refractivity contribution >= 4 is 11.8 Å². The number of aromatic nitrogens is 2. The third-order valence-electron chi connectivity index (χ3n) is 3.00. The number of alkyl halides is 3. The van der Waals surface area contributed by atoms with Crippen LogP contribution in [0, 0.1) is 0 Å². The summed E-state index contributed by atoms with van der Waals surface area (Å²) in [6, 6.07) is 0.754. The molecule has 1 aromatic heterocycles. The molecule has 0 unspecified atom stereocenters. The second-order valence-electron chi connectivity index (χ2n) is 5.30. The summed E-state index contributed by atoms with van der Waals surface area (Å²) in [5, 5.41) is 12.7. The van der Waals surface area contributed by atoms with Crippen LogP contribution in [0.5, 0.6) is 0 Å². The number of nitrogen functional groups attached to an aromatic ring is 1. The van der Waals surface area contributed by atoms with Crippen molar-refractivity contribution < 1.29 is 18.3 Å². The first-order chi connectivity index (χ1) is 8.33. The lowest BCUT2D eigenvalue weighted by atomic mass is 9.86. The highest BCUT2D eigenvalue weighted by Gasteiger charge is 2.37. The van der Waals surface area contributed by atoms with Crippen molar-refractivity contribution in [2.24, 2.45) is 0 Å². The molecule has 4 N–H and O–H groups in total. The molecule has 0 saturated carbocycles. The van der Waals surface area contributed by atoms with Gasteiger partial charge in [-0.15, -0.1) is 0 Å². The first-order valence-corrected chi connectivity index (χ1v) is 5.55. The van der Waals surface area contributed by atoms with Crippen molar-refractivity contribution in [1.82, 2.24) is 9.97 Å². The molecule has 1 rings (SSSR count). The Morgan fingerprint density at radius 3 is 2.11 bits per heavy atom. The maximum atomic E-state index is 12.6. The summed E-state index contributed by atoms with van der Waals surface area (Å²) in [6.07, 6.45) is -4.60. The molecule has 0 atom stereocenters. The lowest BCUT2D eigenvalue weighted by Gasteiger charge is -2.38. The molecule has 0 aromatic carbocycles. The Morgan fingerprint density at radius 2 is 1.68 bits per heavy atom. The highest BCUT2D eigenvalue weighted by molar-refractivity contribution is 5.44. The highest BCUT2D eigenvalue weighted by atomic mass is 19.4. The number of nitrogens with two attached hydrogens (primary N) is 1. The predicted octanol–water partition coefficient (Wildman–Crippen LogP) is 2.04. The van der Waals surface area contributed by atoms with E-state index in [2.05, 4.69) is 15.3 Å². The number of hydrogen-bond donors (Lipinski definition) is 3. The predicted molar refractivity (Wildman–Crippen MR) is 65.4 cm³/mol. The van der Waals surface area contributed by atoms with Crippen molar-refractivity contribution in [3.05, 3.63) is 11.8 Å². The van der Waals surface area contributed by atoms with E-state index in [0.29, 0.717) is 0 Å². The molecule has 5 nitrogen and oxygen atoms in total. The number of nitrogens with one attached hydrogen (secondary N) is 1. The Morgan fingerprint density at radius 1 is 1.16 bits per heavy atom. The van der Waals surface area contributed by atoms with Crippen molar-refractivity contribution in [2.75, 3.05) is 11.1 Å². The van der Waals surface area contributed by atoms with E-state index in [9.17, 15) is 18.3 Å². The Labute approximate surface area is 109 Å². The van der Waals surface area contributed by atoms with Gasteiger partial charge < -0.3 is 16.2 Å². The number of halogens is 3. The van der Waals surface area contributed by atoms with Gasteiger partial charge in [-0.25, -0.2) is 4.98 Å². The van der Waals surface area contributed by atoms with E-state index in [1.807, 2.05) is 0 Å². The van der Waals surface area contributed by atoms with Crippen LogP contribution in [0.25, 0.3) is 0 Å². The van der Waals surface area contributed by atoms with Gasteiger partial charge in [0.2, 0.25) is 5.95 Å². The zero-order valence-corrected chi connectivity index (χ0v) is 11.1. The molecule has 0 spiro atoms. The third-order valence-corrected chi connectivity index (χ3v) is 3.00. The first kappa shape index (κ1) is 15.5. The van der Waals surface area contributed by atoms with Crippen LogP contribution in [-0.2, 0) is 6.18 Å². The van der Waals surface area contributed by atoms with E-state index in [1.165, 1.54) is 13.8 Å². The summed E-state index contributed by atoms with van der Waals surface area (Å²) in [7, 11) is 0. The summed E-state index contributed by atoms with van der Waals surface area (Å²) >= 11 is 0. The van der Waals surface area contributed by atoms with Gasteiger partial charge in [0.25, 0.3) is 0 Å². The lowest BCUT2D eigenvalue weighted by Crippen LogP contribution is -2.51. The van der Waals surface area contributed by atoms with Gasteiger partial charge in [-0.2, -0.15) is 18.2 Å². The SMILES string of the molecule is CC(C)(O)C(C)(C)Nc1cc(C(F)(F)F)nc(N)n1. The summed E-state index contributed by atoms with van der Waals surface area (Å²) in [4.78, 5) is 6.83. The molecule has 0 aliphatic carbocycles. The Balaban J connectivity index is 3.13. The smallest absolute Gasteiger partial charge is 0.388 e. The van der Waals surface area contributed by atoms with E-state index < -0.39 is 29.0 Å². The number of nitrogens with zero attached hydrogens (tertiary/aromatic N) is 2. The molecule has 0 aliphatic heterocycles. The van der Waals surface area contributed by atoms with Gasteiger partial charge in [0.05, 0.1) is 11.1 Å². The summed E-state index contributed by atoms with van der Waals surface area (Å²) < 4.78 is 37.8. The van der Waals surface area contributed by atoms with Gasteiger partial charge in [-0.3, -0.25) is 0 Å². The first-order valence-electron chi connectivity index (χ1n) is 5.55. The quantitative estimate of drug-likeness (QED) is 0.788. The molecule has 19 heavy (non-hydrogen) atoms. The topological polar surface area (TPSA) is 84.1 Å². The average Bonchev–Trinajstić information content (AvgIpc) is 2.12. The zero-order chi connectivity index (χ0) is 15.1. The molecule has 108 valence electrons. The Hall–Kier alpha value is -1.57. The number of anilines is 2. The van der Waals surface area contributed by atoms with Gasteiger partial charge in [-0.05, 0) is 27.7 Å². The van der Waals surface area contributed by atoms with Crippen LogP contribution < -0.4 is 11.1 Å². The van der Waals surface area contributed by atoms with E-state index in [4.69, 9.17) is 5.73 Å². The second-order valence-corrected chi connectivity index (χ2v) is 5.30. The summed E-state index contributed by atoms with van der Waals surface area (Å²) in [5.41, 5.74) is 2.05. The maximum absolute atomic E-state index is 12.6. The normalized spacial score (nSPS) is 13.5. The molecule has 0 radical (unpaired) electrons. The fraction of sp³-hybridized carbons (Fsp3) is 0.636. The third kappa shape index (κ3) is 3.69. The van der Waals surface area contributed by atoms with Gasteiger partial charge >= 0.3 is 6.18 Å². The summed E-state index contributed by atoms with van der Waals surface area (Å²) in [5.74, 6) is -0.573. The summed E-state index contributed by atoms with van der Waals surface area (Å²) in [6.45, 7) is 6.35. The van der Waals surface area contributed by atoms with Crippen LogP contribution >= 0.6 is 0 Å². The van der Waals surface area contributed by atoms with Gasteiger partial charge in [-0.1, -0.05) is 0 Å². The lowest BCUT2D eigenvalue weighted by molar-refractivity contribution is -0.141. The van der Waals surface area contributed by atoms with E-state index >= 15 is 0 Å². The fourth-order valence-corrected chi connectivity index (χ4v) is 1.15. The minimum atomic E-state index is -4.60. The standard InChI is InChI=1S/C11H17F3N4O/c1-9(2,10(3,4)19)18-7-5-6(11(12,13)14)16-8(15)17-7/h5,19H,1-4H3,(H3,15,16,17,18). The monoisotopic (exact) mass is 278 g/mol. The van der Waals surface area contributed by atoms with E-state index in [0.717, 1.165) is 6.07 Å². The van der Waals surface area contributed by atoms with E-state index in [-0.39, 0.29) is 5.82 Å². The minimum Gasteiger partial charge on any atom is -0.388 e. The largest absolute Gasteiger partial charge is 0.433 e. The van der Waals surface area contributed by atoms with E-state index in [1.54, 1.807) is 13.8 Å².